The number of aliphatic hydroxyl groups excluding tert-OH is 1. The molecule has 0 bridgehead atoms. The Kier molecular flexibility index (Phi) is 19.7. The minimum atomic E-state index is -4.23. The van der Waals surface area contributed by atoms with E-state index in [1.807, 2.05) is 6.92 Å². The normalized spacial score (nSPS) is 12.6. The predicted molar refractivity (Wildman–Crippen MR) is 94.7 cm³/mol. The van der Waals surface area contributed by atoms with E-state index < -0.39 is 10.4 Å². The zero-order valence-electron chi connectivity index (χ0n) is 14.9. The van der Waals surface area contributed by atoms with Crippen LogP contribution in [0.4, 0.5) is 0 Å². The second-order valence-electron chi connectivity index (χ2n) is 5.72. The summed E-state index contributed by atoms with van der Waals surface area (Å²) in [5, 5.41) is 9.04. The Bertz CT molecular complexity index is 322. The Morgan fingerprint density at radius 1 is 0.957 bits per heavy atom. The van der Waals surface area contributed by atoms with Gasteiger partial charge in [-0.3, -0.25) is 4.55 Å². The molecule has 0 heterocycles. The number of rotatable bonds is 14. The van der Waals surface area contributed by atoms with Crippen LogP contribution in [0, 0.1) is 0 Å². The smallest absolute Gasteiger partial charge is 0.393 e. The summed E-state index contributed by atoms with van der Waals surface area (Å²) in [6.07, 6.45) is 11.5. The molecular weight excluding hydrogens is 318 g/mol. The van der Waals surface area contributed by atoms with Crippen LogP contribution in [0.3, 0.4) is 0 Å². The quantitative estimate of drug-likeness (QED) is 0.325. The minimum Gasteiger partial charge on any atom is -0.393 e. The molecule has 0 aliphatic heterocycles. The maximum absolute atomic E-state index is 10.1. The molecular formula is C16H37NO5S. The highest BCUT2D eigenvalue weighted by atomic mass is 32.3. The first-order chi connectivity index (χ1) is 10.9. The lowest BCUT2D eigenvalue weighted by molar-refractivity contribution is 0.157. The van der Waals surface area contributed by atoms with Crippen molar-refractivity contribution in [2.75, 3.05) is 13.2 Å². The summed E-state index contributed by atoms with van der Waals surface area (Å²) >= 11 is 0. The van der Waals surface area contributed by atoms with Crippen LogP contribution in [0.1, 0.15) is 84.5 Å². The average Bonchev–Trinajstić information content (AvgIpc) is 2.49. The van der Waals surface area contributed by atoms with Crippen LogP contribution in [0.25, 0.3) is 0 Å². The van der Waals surface area contributed by atoms with Crippen LogP contribution in [-0.2, 0) is 14.6 Å². The van der Waals surface area contributed by atoms with Crippen molar-refractivity contribution in [2.24, 2.45) is 5.73 Å². The third kappa shape index (κ3) is 27.0. The lowest BCUT2D eigenvalue weighted by Crippen LogP contribution is -2.05. The van der Waals surface area contributed by atoms with Gasteiger partial charge in [-0.1, -0.05) is 52.4 Å². The molecule has 6 nitrogen and oxygen atoms in total. The molecule has 1 atom stereocenters. The van der Waals surface area contributed by atoms with E-state index in [4.69, 9.17) is 15.4 Å². The minimum absolute atomic E-state index is 0.0899. The van der Waals surface area contributed by atoms with Crippen LogP contribution in [0.2, 0.25) is 0 Å². The number of hydrogen-bond donors (Lipinski definition) is 3. The first kappa shape index (κ1) is 25.0. The molecule has 0 saturated carbocycles. The van der Waals surface area contributed by atoms with Gasteiger partial charge in [0.25, 0.3) is 0 Å². The fourth-order valence-electron chi connectivity index (χ4n) is 1.95. The molecule has 0 amide bonds. The van der Waals surface area contributed by atoms with E-state index in [1.165, 1.54) is 25.7 Å². The Balaban J connectivity index is 0. The van der Waals surface area contributed by atoms with Crippen molar-refractivity contribution in [1.82, 2.24) is 0 Å². The van der Waals surface area contributed by atoms with Crippen LogP contribution in [0.5, 0.6) is 0 Å². The van der Waals surface area contributed by atoms with Gasteiger partial charge in [0.05, 0.1) is 12.7 Å². The van der Waals surface area contributed by atoms with Crippen LogP contribution < -0.4 is 5.73 Å². The van der Waals surface area contributed by atoms with Gasteiger partial charge in [-0.05, 0) is 38.6 Å². The van der Waals surface area contributed by atoms with Crippen LogP contribution in [0.15, 0.2) is 0 Å². The Hall–Kier alpha value is -0.210. The first-order valence-corrected chi connectivity index (χ1v) is 10.2. The van der Waals surface area contributed by atoms with E-state index >= 15 is 0 Å². The fraction of sp³-hybridized carbons (Fsp3) is 1.00. The lowest BCUT2D eigenvalue weighted by atomic mass is 10.1. The SMILES string of the molecule is CCC(O)CCCCN.CCCCCCCCCOS(=O)(=O)O. The fourth-order valence-corrected chi connectivity index (χ4v) is 2.28. The highest BCUT2D eigenvalue weighted by molar-refractivity contribution is 7.80. The summed E-state index contributed by atoms with van der Waals surface area (Å²) in [6, 6.07) is 0. The molecule has 0 spiro atoms. The van der Waals surface area contributed by atoms with E-state index in [0.29, 0.717) is 6.42 Å². The molecule has 7 heteroatoms. The topological polar surface area (TPSA) is 110 Å². The van der Waals surface area contributed by atoms with E-state index in [1.54, 1.807) is 0 Å². The van der Waals surface area contributed by atoms with Crippen LogP contribution in [-0.4, -0.2) is 37.3 Å². The maximum Gasteiger partial charge on any atom is 0.397 e. The Morgan fingerprint density at radius 2 is 1.52 bits per heavy atom. The lowest BCUT2D eigenvalue weighted by Gasteiger charge is -2.04. The number of nitrogens with two attached hydrogens (primary N) is 1. The van der Waals surface area contributed by atoms with Crippen molar-refractivity contribution in [2.45, 2.75) is 90.6 Å². The molecule has 0 aliphatic rings. The van der Waals surface area contributed by atoms with Crippen molar-refractivity contribution in [3.05, 3.63) is 0 Å². The predicted octanol–water partition coefficient (Wildman–Crippen LogP) is 3.44. The maximum atomic E-state index is 10.1. The summed E-state index contributed by atoms with van der Waals surface area (Å²) in [5.74, 6) is 0. The zero-order chi connectivity index (χ0) is 18.0. The molecule has 0 fully saturated rings. The zero-order valence-corrected chi connectivity index (χ0v) is 15.7. The van der Waals surface area contributed by atoms with Crippen molar-refractivity contribution in [1.29, 1.82) is 0 Å². The van der Waals surface area contributed by atoms with E-state index in [0.717, 1.165) is 45.1 Å². The van der Waals surface area contributed by atoms with Gasteiger partial charge in [0, 0.05) is 0 Å². The van der Waals surface area contributed by atoms with Gasteiger partial charge >= 0.3 is 10.4 Å². The van der Waals surface area contributed by atoms with Gasteiger partial charge in [0.1, 0.15) is 0 Å². The third-order valence-corrected chi connectivity index (χ3v) is 3.91. The van der Waals surface area contributed by atoms with Gasteiger partial charge < -0.3 is 10.8 Å². The molecule has 0 rings (SSSR count). The van der Waals surface area contributed by atoms with Gasteiger partial charge in [0.15, 0.2) is 0 Å². The van der Waals surface area contributed by atoms with E-state index in [9.17, 15) is 8.42 Å². The van der Waals surface area contributed by atoms with Gasteiger partial charge in [0.2, 0.25) is 0 Å². The summed E-state index contributed by atoms with van der Waals surface area (Å²) in [6.45, 7) is 5.00. The molecule has 0 aromatic carbocycles. The first-order valence-electron chi connectivity index (χ1n) is 8.87. The standard InChI is InChI=1S/C9H20O4S.C7H17NO/c1-2-3-4-5-6-7-8-9-13-14(10,11)12;1-2-7(9)5-3-4-6-8/h2-9H2,1H3,(H,10,11,12);7,9H,2-6,8H2,1H3. The second-order valence-corrected chi connectivity index (χ2v) is 6.81. The molecule has 1 unspecified atom stereocenters. The second kappa shape index (κ2) is 18.1. The molecule has 0 radical (unpaired) electrons. The molecule has 142 valence electrons. The molecule has 0 aromatic heterocycles. The average molecular weight is 356 g/mol. The summed E-state index contributed by atoms with van der Waals surface area (Å²) in [7, 11) is -4.23. The number of hydrogen-bond acceptors (Lipinski definition) is 5. The molecule has 4 N–H and O–H groups in total. The summed E-state index contributed by atoms with van der Waals surface area (Å²) in [4.78, 5) is 0. The number of aliphatic hydroxyl groups is 1. The molecule has 0 aliphatic carbocycles. The van der Waals surface area contributed by atoms with Gasteiger partial charge in [-0.25, -0.2) is 4.18 Å². The molecule has 0 aromatic rings. The summed E-state index contributed by atoms with van der Waals surface area (Å²) < 4.78 is 32.7. The number of unbranched alkanes of at least 4 members (excludes halogenated alkanes) is 7. The Labute approximate surface area is 142 Å². The van der Waals surface area contributed by atoms with Crippen molar-refractivity contribution < 1.29 is 22.3 Å². The summed E-state index contributed by atoms with van der Waals surface area (Å²) in [5.41, 5.74) is 5.27. The van der Waals surface area contributed by atoms with Crippen molar-refractivity contribution in [3.8, 4) is 0 Å². The van der Waals surface area contributed by atoms with E-state index in [-0.39, 0.29) is 12.7 Å². The van der Waals surface area contributed by atoms with Gasteiger partial charge in [-0.2, -0.15) is 8.42 Å². The molecule has 0 saturated heterocycles. The Morgan fingerprint density at radius 3 is 2.00 bits per heavy atom. The highest BCUT2D eigenvalue weighted by Crippen LogP contribution is 2.07. The monoisotopic (exact) mass is 355 g/mol. The largest absolute Gasteiger partial charge is 0.397 e. The highest BCUT2D eigenvalue weighted by Gasteiger charge is 2.02. The van der Waals surface area contributed by atoms with Crippen LogP contribution >= 0.6 is 0 Å². The van der Waals surface area contributed by atoms with E-state index in [2.05, 4.69) is 11.1 Å². The van der Waals surface area contributed by atoms with Crippen molar-refractivity contribution in [3.63, 3.8) is 0 Å². The molecule has 23 heavy (non-hydrogen) atoms. The van der Waals surface area contributed by atoms with Crippen molar-refractivity contribution >= 4 is 10.4 Å². The van der Waals surface area contributed by atoms with Gasteiger partial charge in [-0.15, -0.1) is 0 Å². The third-order valence-electron chi connectivity index (χ3n) is 3.44.